The first-order valence-electron chi connectivity index (χ1n) is 5.12. The molecule has 0 amide bonds. The zero-order valence-corrected chi connectivity index (χ0v) is 10.0. The van der Waals surface area contributed by atoms with Crippen molar-refractivity contribution in [2.75, 3.05) is 0 Å². The third-order valence-corrected chi connectivity index (χ3v) is 3.40. The molecule has 0 radical (unpaired) electrons. The van der Waals surface area contributed by atoms with Gasteiger partial charge in [0, 0.05) is 10.6 Å². The summed E-state index contributed by atoms with van der Waals surface area (Å²) in [6.45, 7) is 0. The van der Waals surface area contributed by atoms with Crippen LogP contribution in [-0.4, -0.2) is 16.3 Å². The van der Waals surface area contributed by atoms with Crippen LogP contribution in [0.3, 0.4) is 0 Å². The topological polar surface area (TPSA) is 66.5 Å². The second kappa shape index (κ2) is 4.41. The second-order valence-corrected chi connectivity index (χ2v) is 5.02. The van der Waals surface area contributed by atoms with Gasteiger partial charge in [-0.15, -0.1) is 0 Å². The maximum atomic E-state index is 9.89. The number of aliphatic hydroxyl groups is 1. The van der Waals surface area contributed by atoms with Crippen molar-refractivity contribution in [1.29, 1.82) is 0 Å². The molecule has 2 rings (SSSR count). The van der Waals surface area contributed by atoms with E-state index >= 15 is 0 Å². The Morgan fingerprint density at radius 1 is 1.31 bits per heavy atom. The second-order valence-electron chi connectivity index (χ2n) is 4.18. The van der Waals surface area contributed by atoms with E-state index in [1.165, 1.54) is 6.07 Å². The monoisotopic (exact) mass is 261 g/mol. The van der Waals surface area contributed by atoms with E-state index in [-0.39, 0.29) is 16.7 Å². The summed E-state index contributed by atoms with van der Waals surface area (Å²) in [5.41, 5.74) is 6.29. The van der Waals surface area contributed by atoms with Gasteiger partial charge in [0.2, 0.25) is 0 Å². The third kappa shape index (κ3) is 2.28. The normalized spacial score (nSPS) is 19.5. The number of hydrogen-bond acceptors (Lipinski definition) is 3. The van der Waals surface area contributed by atoms with Crippen molar-refractivity contribution in [3.8, 4) is 5.75 Å². The van der Waals surface area contributed by atoms with Crippen molar-refractivity contribution in [2.45, 2.75) is 25.0 Å². The Morgan fingerprint density at radius 2 is 1.94 bits per heavy atom. The highest BCUT2D eigenvalue weighted by Gasteiger charge is 2.35. The van der Waals surface area contributed by atoms with Gasteiger partial charge in [-0.3, -0.25) is 0 Å². The van der Waals surface area contributed by atoms with E-state index in [2.05, 4.69) is 0 Å². The lowest BCUT2D eigenvalue weighted by atomic mass is 9.98. The van der Waals surface area contributed by atoms with E-state index in [1.807, 2.05) is 0 Å². The molecule has 1 saturated carbocycles. The smallest absolute Gasteiger partial charge is 0.139 e. The van der Waals surface area contributed by atoms with Gasteiger partial charge >= 0.3 is 0 Å². The van der Waals surface area contributed by atoms with E-state index in [1.54, 1.807) is 6.07 Å². The fraction of sp³-hybridized carbons (Fsp3) is 0.455. The van der Waals surface area contributed by atoms with Crippen LogP contribution in [0.25, 0.3) is 0 Å². The van der Waals surface area contributed by atoms with Crippen LogP contribution in [-0.2, 0) is 0 Å². The van der Waals surface area contributed by atoms with Crippen LogP contribution in [0, 0.1) is 5.92 Å². The van der Waals surface area contributed by atoms with E-state index in [9.17, 15) is 10.2 Å². The lowest BCUT2D eigenvalue weighted by molar-refractivity contribution is 0.121. The minimum absolute atomic E-state index is 0.0988. The predicted molar refractivity (Wildman–Crippen MR) is 63.8 cm³/mol. The van der Waals surface area contributed by atoms with Gasteiger partial charge in [-0.05, 0) is 30.9 Å². The minimum atomic E-state index is -0.652. The molecule has 1 fully saturated rings. The summed E-state index contributed by atoms with van der Waals surface area (Å²) in [6, 6.07) is 2.33. The van der Waals surface area contributed by atoms with Crippen molar-refractivity contribution in [3.05, 3.63) is 27.7 Å². The number of halogens is 2. The molecule has 0 unspecified atom stereocenters. The van der Waals surface area contributed by atoms with Crippen molar-refractivity contribution >= 4 is 23.2 Å². The molecule has 0 bridgehead atoms. The highest BCUT2D eigenvalue weighted by molar-refractivity contribution is 6.35. The molecule has 1 aromatic carbocycles. The Bertz CT molecular complexity index is 407. The molecule has 0 saturated heterocycles. The lowest BCUT2D eigenvalue weighted by Gasteiger charge is -2.20. The van der Waals surface area contributed by atoms with E-state index in [4.69, 9.17) is 28.9 Å². The maximum absolute atomic E-state index is 9.89. The zero-order chi connectivity index (χ0) is 11.9. The van der Waals surface area contributed by atoms with Gasteiger partial charge in [-0.25, -0.2) is 0 Å². The molecule has 5 heteroatoms. The van der Waals surface area contributed by atoms with Gasteiger partial charge in [-0.1, -0.05) is 23.2 Å². The predicted octanol–water partition coefficient (Wildman–Crippen LogP) is 2.47. The molecule has 0 heterocycles. The van der Waals surface area contributed by atoms with E-state index in [0.717, 1.165) is 12.8 Å². The van der Waals surface area contributed by atoms with Crippen molar-refractivity contribution in [3.63, 3.8) is 0 Å². The Balaban J connectivity index is 2.31. The summed E-state index contributed by atoms with van der Waals surface area (Å²) in [5, 5.41) is 20.2. The van der Waals surface area contributed by atoms with Crippen LogP contribution in [0.5, 0.6) is 5.75 Å². The van der Waals surface area contributed by atoms with Crippen LogP contribution in [0.15, 0.2) is 12.1 Å². The van der Waals surface area contributed by atoms with Crippen LogP contribution < -0.4 is 5.73 Å². The van der Waals surface area contributed by atoms with Gasteiger partial charge in [0.05, 0.1) is 17.2 Å². The van der Waals surface area contributed by atoms with Crippen molar-refractivity contribution in [2.24, 2.45) is 11.7 Å². The zero-order valence-electron chi connectivity index (χ0n) is 8.53. The average Bonchev–Trinajstić information content (AvgIpc) is 3.05. The van der Waals surface area contributed by atoms with E-state index < -0.39 is 12.1 Å². The molecule has 0 aromatic heterocycles. The molecule has 1 aliphatic carbocycles. The first kappa shape index (κ1) is 12.0. The van der Waals surface area contributed by atoms with Crippen LogP contribution in [0.2, 0.25) is 10.0 Å². The summed E-state index contributed by atoms with van der Waals surface area (Å²) in [4.78, 5) is 0. The number of aromatic hydroxyl groups is 1. The Kier molecular flexibility index (Phi) is 3.31. The molecule has 2 atom stereocenters. The lowest BCUT2D eigenvalue weighted by Crippen LogP contribution is -2.28. The number of hydrogen-bond donors (Lipinski definition) is 3. The van der Waals surface area contributed by atoms with Gasteiger partial charge in [-0.2, -0.15) is 0 Å². The molecule has 4 N–H and O–H groups in total. The fourth-order valence-corrected chi connectivity index (χ4v) is 2.26. The van der Waals surface area contributed by atoms with E-state index in [0.29, 0.717) is 10.6 Å². The summed E-state index contributed by atoms with van der Waals surface area (Å²) in [6.07, 6.45) is 1.30. The molecule has 1 aliphatic rings. The summed E-state index contributed by atoms with van der Waals surface area (Å²) in [5.74, 6) is 0.130. The molecule has 3 nitrogen and oxygen atoms in total. The Morgan fingerprint density at radius 3 is 2.50 bits per heavy atom. The molecular weight excluding hydrogens is 249 g/mol. The van der Waals surface area contributed by atoms with Gasteiger partial charge < -0.3 is 15.9 Å². The molecule has 0 aliphatic heterocycles. The third-order valence-electron chi connectivity index (χ3n) is 2.89. The Hall–Kier alpha value is -0.480. The number of nitrogens with two attached hydrogens (primary N) is 1. The quantitative estimate of drug-likeness (QED) is 0.783. The molecule has 0 spiro atoms. The summed E-state index contributed by atoms with van der Waals surface area (Å²) in [7, 11) is 0. The number of benzene rings is 1. The first-order chi connectivity index (χ1) is 7.50. The van der Waals surface area contributed by atoms with Crippen molar-refractivity contribution < 1.29 is 10.2 Å². The molecular formula is C11H13Cl2NO2. The average molecular weight is 262 g/mol. The van der Waals surface area contributed by atoms with Gasteiger partial charge in [0.15, 0.2) is 0 Å². The number of rotatable bonds is 3. The Labute approximate surface area is 104 Å². The first-order valence-corrected chi connectivity index (χ1v) is 5.88. The summed E-state index contributed by atoms with van der Waals surface area (Å²) < 4.78 is 0. The fourth-order valence-electron chi connectivity index (χ4n) is 1.75. The number of phenolic OH excluding ortho intramolecular Hbond substituents is 1. The largest absolute Gasteiger partial charge is 0.506 e. The van der Waals surface area contributed by atoms with Crippen LogP contribution >= 0.6 is 23.2 Å². The number of aliphatic hydroxyl groups excluding tert-OH is 1. The maximum Gasteiger partial charge on any atom is 0.139 e. The number of phenols is 1. The highest BCUT2D eigenvalue weighted by atomic mass is 35.5. The standard InChI is InChI=1S/C11H13Cl2NO2/c12-6-3-7(11(16)8(13)4-6)9(14)10(15)5-1-2-5/h3-5,9-10,15-16H,1-2,14H2/t9-,10+/m1/s1. The van der Waals surface area contributed by atoms with Gasteiger partial charge in [0.1, 0.15) is 5.75 Å². The molecule has 1 aromatic rings. The SMILES string of the molecule is N[C@H](c1cc(Cl)cc(Cl)c1O)[C@@H](O)C1CC1. The van der Waals surface area contributed by atoms with Crippen LogP contribution in [0.1, 0.15) is 24.4 Å². The summed E-state index contributed by atoms with van der Waals surface area (Å²) >= 11 is 11.6. The van der Waals surface area contributed by atoms with Crippen LogP contribution in [0.4, 0.5) is 0 Å². The molecule has 88 valence electrons. The van der Waals surface area contributed by atoms with Gasteiger partial charge in [0.25, 0.3) is 0 Å². The molecule has 16 heavy (non-hydrogen) atoms. The minimum Gasteiger partial charge on any atom is -0.506 e. The highest BCUT2D eigenvalue weighted by Crippen LogP contribution is 2.41. The van der Waals surface area contributed by atoms with Crippen molar-refractivity contribution in [1.82, 2.24) is 0 Å².